The maximum Gasteiger partial charge on any atom is 0.323 e. The quantitative estimate of drug-likeness (QED) is 0.606. The summed E-state index contributed by atoms with van der Waals surface area (Å²) in [5.74, 6) is -0.683. The van der Waals surface area contributed by atoms with Crippen LogP contribution in [-0.2, 0) is 18.4 Å². The van der Waals surface area contributed by atoms with E-state index in [2.05, 4.69) is 0 Å². The van der Waals surface area contributed by atoms with Crippen LogP contribution in [0, 0.1) is 0 Å². The van der Waals surface area contributed by atoms with Crippen LogP contribution in [0.2, 0.25) is 0 Å². The van der Waals surface area contributed by atoms with E-state index in [1.165, 1.54) is 0 Å². The molecule has 0 fully saturated rings. The number of aromatic nitrogens is 2. The van der Waals surface area contributed by atoms with Crippen LogP contribution in [0.25, 0.3) is 32.9 Å². The minimum Gasteiger partial charge on any atom is -0.494 e. The molecule has 120 valence electrons. The second kappa shape index (κ2) is 5.16. The van der Waals surface area contributed by atoms with Crippen molar-refractivity contribution in [1.82, 2.24) is 9.13 Å². The average molecular weight is 320 g/mol. The van der Waals surface area contributed by atoms with Gasteiger partial charge in [0.05, 0.1) is 5.69 Å². The van der Waals surface area contributed by atoms with Crippen molar-refractivity contribution in [2.24, 2.45) is 7.05 Å². The summed E-state index contributed by atoms with van der Waals surface area (Å²) in [6, 6.07) is 15.4. The number of carboxylic acid groups (broad SMARTS) is 1. The van der Waals surface area contributed by atoms with E-state index in [0.717, 1.165) is 32.9 Å². The zero-order valence-corrected chi connectivity index (χ0v) is 13.1. The van der Waals surface area contributed by atoms with Crippen LogP contribution in [0.15, 0.2) is 54.7 Å². The number of fused-ring (bicyclic) bond motifs is 2. The van der Waals surface area contributed by atoms with Crippen LogP contribution in [0.5, 0.6) is 5.88 Å². The third-order valence-corrected chi connectivity index (χ3v) is 4.43. The summed E-state index contributed by atoms with van der Waals surface area (Å²) in [6.45, 7) is -0.102. The van der Waals surface area contributed by atoms with Crippen LogP contribution >= 0.6 is 0 Å². The Morgan fingerprint density at radius 1 is 1.00 bits per heavy atom. The number of para-hydroxylation sites is 1. The molecule has 0 amide bonds. The lowest BCUT2D eigenvalue weighted by atomic mass is 10.1. The maximum atomic E-state index is 11.2. The number of aromatic hydroxyl groups is 1. The first kappa shape index (κ1) is 14.4. The minimum atomic E-state index is -0.887. The molecule has 4 aromatic rings. The highest BCUT2D eigenvalue weighted by Gasteiger charge is 2.19. The number of benzene rings is 2. The highest BCUT2D eigenvalue weighted by molar-refractivity contribution is 6.06. The average Bonchev–Trinajstić information content (AvgIpc) is 3.04. The van der Waals surface area contributed by atoms with Crippen molar-refractivity contribution < 1.29 is 15.0 Å². The van der Waals surface area contributed by atoms with Gasteiger partial charge in [-0.25, -0.2) is 0 Å². The van der Waals surface area contributed by atoms with Crippen molar-refractivity contribution in [3.8, 4) is 17.1 Å². The standard InChI is InChI=1S/C19H16N2O3/c1-20-18(13-7-2-3-8-14(13)19(20)24)15-10-21(11-17(22)23)16-9-5-4-6-12(15)16/h2-10,24H,11H2,1H3,(H,22,23). The van der Waals surface area contributed by atoms with Crippen LogP contribution in [0.1, 0.15) is 0 Å². The molecule has 0 spiro atoms. The molecule has 0 aliphatic rings. The van der Waals surface area contributed by atoms with Crippen LogP contribution in [0.3, 0.4) is 0 Å². The Hall–Kier alpha value is -3.21. The van der Waals surface area contributed by atoms with E-state index in [1.54, 1.807) is 9.13 Å². The van der Waals surface area contributed by atoms with E-state index in [9.17, 15) is 15.0 Å². The number of aliphatic carboxylic acids is 1. The van der Waals surface area contributed by atoms with E-state index in [0.29, 0.717) is 0 Å². The second-order valence-corrected chi connectivity index (χ2v) is 5.86. The van der Waals surface area contributed by atoms with Gasteiger partial charge in [-0.2, -0.15) is 0 Å². The molecule has 0 aliphatic carbocycles. The molecule has 0 saturated carbocycles. The SMILES string of the molecule is Cn1c(O)c2ccccc2c1-c1cn(CC(=O)O)c2ccccc12. The molecule has 0 aliphatic heterocycles. The van der Waals surface area contributed by atoms with Crippen LogP contribution in [-0.4, -0.2) is 25.3 Å². The van der Waals surface area contributed by atoms with Crippen molar-refractivity contribution >= 4 is 27.6 Å². The molecule has 2 heterocycles. The number of hydrogen-bond acceptors (Lipinski definition) is 2. The molecule has 4 rings (SSSR count). The first-order valence-electron chi connectivity index (χ1n) is 7.64. The fourth-order valence-corrected chi connectivity index (χ4v) is 3.39. The lowest BCUT2D eigenvalue weighted by Crippen LogP contribution is -2.07. The van der Waals surface area contributed by atoms with Crippen molar-refractivity contribution in [1.29, 1.82) is 0 Å². The van der Waals surface area contributed by atoms with Gasteiger partial charge in [0.15, 0.2) is 5.88 Å². The molecule has 0 atom stereocenters. The third kappa shape index (κ3) is 1.98. The van der Waals surface area contributed by atoms with Crippen molar-refractivity contribution in [3.63, 3.8) is 0 Å². The normalized spacial score (nSPS) is 11.4. The van der Waals surface area contributed by atoms with Crippen LogP contribution in [0.4, 0.5) is 0 Å². The Bertz CT molecular complexity index is 1090. The van der Waals surface area contributed by atoms with Gasteiger partial charge >= 0.3 is 5.97 Å². The van der Waals surface area contributed by atoms with Crippen molar-refractivity contribution in [3.05, 3.63) is 54.7 Å². The summed E-state index contributed by atoms with van der Waals surface area (Å²) in [7, 11) is 1.81. The zero-order chi connectivity index (χ0) is 16.8. The third-order valence-electron chi connectivity index (χ3n) is 4.43. The monoisotopic (exact) mass is 320 g/mol. The molecule has 0 radical (unpaired) electrons. The molecular weight excluding hydrogens is 304 g/mol. The molecule has 0 unspecified atom stereocenters. The Labute approximate surface area is 138 Å². The zero-order valence-electron chi connectivity index (χ0n) is 13.1. The van der Waals surface area contributed by atoms with Gasteiger partial charge in [-0.05, 0) is 12.1 Å². The molecule has 5 nitrogen and oxygen atoms in total. The van der Waals surface area contributed by atoms with Gasteiger partial charge in [-0.3, -0.25) is 4.79 Å². The predicted molar refractivity (Wildman–Crippen MR) is 93.2 cm³/mol. The Balaban J connectivity index is 2.08. The molecule has 5 heteroatoms. The smallest absolute Gasteiger partial charge is 0.323 e. The number of carbonyl (C=O) groups is 1. The highest BCUT2D eigenvalue weighted by Crippen LogP contribution is 2.40. The Morgan fingerprint density at radius 2 is 1.62 bits per heavy atom. The van der Waals surface area contributed by atoms with Crippen LogP contribution < -0.4 is 0 Å². The van der Waals surface area contributed by atoms with Gasteiger partial charge < -0.3 is 19.3 Å². The Kier molecular flexibility index (Phi) is 3.09. The van der Waals surface area contributed by atoms with E-state index < -0.39 is 5.97 Å². The number of rotatable bonds is 3. The van der Waals surface area contributed by atoms with Gasteiger partial charge in [0.2, 0.25) is 0 Å². The summed E-state index contributed by atoms with van der Waals surface area (Å²) in [4.78, 5) is 11.2. The molecular formula is C19H16N2O3. The lowest BCUT2D eigenvalue weighted by Gasteiger charge is -2.03. The molecule has 2 aromatic heterocycles. The van der Waals surface area contributed by atoms with E-state index in [4.69, 9.17) is 0 Å². The summed E-state index contributed by atoms with van der Waals surface area (Å²) < 4.78 is 3.48. The second-order valence-electron chi connectivity index (χ2n) is 5.86. The minimum absolute atomic E-state index is 0.102. The predicted octanol–water partition coefficient (Wildman–Crippen LogP) is 3.59. The number of hydrogen-bond donors (Lipinski definition) is 2. The van der Waals surface area contributed by atoms with Gasteiger partial charge in [0.1, 0.15) is 6.54 Å². The van der Waals surface area contributed by atoms with Crippen molar-refractivity contribution in [2.45, 2.75) is 6.54 Å². The maximum absolute atomic E-state index is 11.2. The molecule has 0 bridgehead atoms. The molecule has 2 N–H and O–H groups in total. The van der Waals surface area contributed by atoms with Gasteiger partial charge in [0, 0.05) is 40.5 Å². The number of carboxylic acids is 1. The molecule has 24 heavy (non-hydrogen) atoms. The summed E-state index contributed by atoms with van der Waals surface area (Å²) in [5, 5.41) is 22.3. The van der Waals surface area contributed by atoms with E-state index >= 15 is 0 Å². The molecule has 0 saturated heterocycles. The summed E-state index contributed by atoms with van der Waals surface area (Å²) >= 11 is 0. The first-order valence-corrected chi connectivity index (χ1v) is 7.64. The van der Waals surface area contributed by atoms with Gasteiger partial charge in [-0.15, -0.1) is 0 Å². The van der Waals surface area contributed by atoms with Crippen molar-refractivity contribution in [2.75, 3.05) is 0 Å². The number of nitrogens with zero attached hydrogens (tertiary/aromatic N) is 2. The molecule has 2 aromatic carbocycles. The summed E-state index contributed by atoms with van der Waals surface area (Å²) in [5.41, 5.74) is 2.65. The first-order chi connectivity index (χ1) is 11.6. The van der Waals surface area contributed by atoms with Gasteiger partial charge in [0.25, 0.3) is 0 Å². The Morgan fingerprint density at radius 3 is 2.33 bits per heavy atom. The fraction of sp³-hybridized carbons (Fsp3) is 0.105. The van der Waals surface area contributed by atoms with E-state index in [1.807, 2.05) is 61.8 Å². The van der Waals surface area contributed by atoms with Gasteiger partial charge in [-0.1, -0.05) is 36.4 Å². The topological polar surface area (TPSA) is 67.4 Å². The highest BCUT2D eigenvalue weighted by atomic mass is 16.4. The summed E-state index contributed by atoms with van der Waals surface area (Å²) in [6.07, 6.45) is 1.85. The fourth-order valence-electron chi connectivity index (χ4n) is 3.39. The van der Waals surface area contributed by atoms with E-state index in [-0.39, 0.29) is 12.4 Å². The largest absolute Gasteiger partial charge is 0.494 e. The lowest BCUT2D eigenvalue weighted by molar-refractivity contribution is -0.137.